The second kappa shape index (κ2) is 5.31. The van der Waals surface area contributed by atoms with Crippen LogP contribution in [0.2, 0.25) is 0 Å². The SMILES string of the molecule is COC(=O)c1cnc(-c2cccc([N+](=O)[O-])c2)nc1N. The van der Waals surface area contributed by atoms with E-state index in [0.29, 0.717) is 5.56 Å². The number of methoxy groups -OCH3 is 1. The Bertz CT molecular complexity index is 687. The number of rotatable bonds is 3. The Morgan fingerprint density at radius 3 is 2.80 bits per heavy atom. The number of nitrogens with zero attached hydrogens (tertiary/aromatic N) is 3. The van der Waals surface area contributed by atoms with Gasteiger partial charge in [0.15, 0.2) is 5.82 Å². The predicted octanol–water partition coefficient (Wildman–Crippen LogP) is 1.42. The summed E-state index contributed by atoms with van der Waals surface area (Å²) in [6.45, 7) is 0. The van der Waals surface area contributed by atoms with Crippen LogP contribution in [-0.4, -0.2) is 28.0 Å². The molecule has 2 N–H and O–H groups in total. The van der Waals surface area contributed by atoms with E-state index in [1.807, 2.05) is 0 Å². The van der Waals surface area contributed by atoms with Gasteiger partial charge in [-0.25, -0.2) is 14.8 Å². The van der Waals surface area contributed by atoms with Gasteiger partial charge in [0, 0.05) is 23.9 Å². The number of nitrogens with two attached hydrogens (primary N) is 1. The smallest absolute Gasteiger partial charge is 0.343 e. The Labute approximate surface area is 113 Å². The lowest BCUT2D eigenvalue weighted by Gasteiger charge is -2.05. The van der Waals surface area contributed by atoms with Crippen molar-refractivity contribution in [3.05, 3.63) is 46.1 Å². The predicted molar refractivity (Wildman–Crippen MR) is 69.9 cm³/mol. The number of nitro groups is 1. The lowest BCUT2D eigenvalue weighted by Crippen LogP contribution is -2.09. The molecule has 0 aliphatic heterocycles. The van der Waals surface area contributed by atoms with E-state index in [2.05, 4.69) is 14.7 Å². The summed E-state index contributed by atoms with van der Waals surface area (Å²) in [7, 11) is 1.22. The van der Waals surface area contributed by atoms with E-state index in [9.17, 15) is 14.9 Å². The molecule has 0 aliphatic rings. The molecule has 0 unspecified atom stereocenters. The van der Waals surface area contributed by atoms with Gasteiger partial charge in [-0.15, -0.1) is 0 Å². The lowest BCUT2D eigenvalue weighted by molar-refractivity contribution is -0.384. The van der Waals surface area contributed by atoms with Crippen LogP contribution in [0.4, 0.5) is 11.5 Å². The van der Waals surface area contributed by atoms with Crippen LogP contribution in [0.3, 0.4) is 0 Å². The van der Waals surface area contributed by atoms with Gasteiger partial charge in [-0.05, 0) is 0 Å². The van der Waals surface area contributed by atoms with Gasteiger partial charge < -0.3 is 10.5 Å². The molecule has 0 aliphatic carbocycles. The number of hydrogen-bond acceptors (Lipinski definition) is 7. The molecule has 0 atom stereocenters. The topological polar surface area (TPSA) is 121 Å². The molecule has 1 heterocycles. The fourth-order valence-corrected chi connectivity index (χ4v) is 1.56. The molecule has 0 fully saturated rings. The van der Waals surface area contributed by atoms with Gasteiger partial charge in [0.1, 0.15) is 11.4 Å². The average Bonchev–Trinajstić information content (AvgIpc) is 2.46. The number of nitrogen functional groups attached to an aromatic ring is 1. The number of ether oxygens (including phenoxy) is 1. The van der Waals surface area contributed by atoms with Crippen molar-refractivity contribution in [2.75, 3.05) is 12.8 Å². The number of hydrogen-bond donors (Lipinski definition) is 1. The molecule has 0 spiro atoms. The van der Waals surface area contributed by atoms with Crippen LogP contribution >= 0.6 is 0 Å². The first kappa shape index (κ1) is 13.4. The molecule has 2 rings (SSSR count). The molecule has 1 aromatic heterocycles. The van der Waals surface area contributed by atoms with Crippen LogP contribution in [0.5, 0.6) is 0 Å². The second-order valence-electron chi connectivity index (χ2n) is 3.79. The van der Waals surface area contributed by atoms with E-state index in [0.717, 1.165) is 0 Å². The average molecular weight is 274 g/mol. The fraction of sp³-hybridized carbons (Fsp3) is 0.0833. The fourth-order valence-electron chi connectivity index (χ4n) is 1.56. The van der Waals surface area contributed by atoms with Gasteiger partial charge >= 0.3 is 5.97 Å². The van der Waals surface area contributed by atoms with E-state index in [4.69, 9.17) is 5.73 Å². The third kappa shape index (κ3) is 2.53. The van der Waals surface area contributed by atoms with Crippen molar-refractivity contribution in [2.24, 2.45) is 0 Å². The van der Waals surface area contributed by atoms with Gasteiger partial charge in [-0.3, -0.25) is 10.1 Å². The Kier molecular flexibility index (Phi) is 3.56. The summed E-state index contributed by atoms with van der Waals surface area (Å²) in [6, 6.07) is 5.81. The zero-order chi connectivity index (χ0) is 14.7. The molecular weight excluding hydrogens is 264 g/mol. The molecule has 0 saturated carbocycles. The van der Waals surface area contributed by atoms with Crippen molar-refractivity contribution < 1.29 is 14.5 Å². The van der Waals surface area contributed by atoms with Gasteiger partial charge in [-0.1, -0.05) is 12.1 Å². The number of aromatic nitrogens is 2. The van der Waals surface area contributed by atoms with Crippen LogP contribution in [0.25, 0.3) is 11.4 Å². The summed E-state index contributed by atoms with van der Waals surface area (Å²) >= 11 is 0. The Morgan fingerprint density at radius 1 is 1.45 bits per heavy atom. The minimum absolute atomic E-state index is 0.0432. The molecule has 8 heteroatoms. The summed E-state index contributed by atoms with van der Waals surface area (Å²) in [6.07, 6.45) is 1.22. The van der Waals surface area contributed by atoms with Gasteiger partial charge in [0.2, 0.25) is 0 Å². The summed E-state index contributed by atoms with van der Waals surface area (Å²) in [5.41, 5.74) is 6.04. The highest BCUT2D eigenvalue weighted by molar-refractivity contribution is 5.93. The van der Waals surface area contributed by atoms with Gasteiger partial charge in [0.05, 0.1) is 12.0 Å². The Balaban J connectivity index is 2.44. The minimum atomic E-state index is -0.645. The second-order valence-corrected chi connectivity index (χ2v) is 3.79. The third-order valence-electron chi connectivity index (χ3n) is 2.54. The monoisotopic (exact) mass is 274 g/mol. The van der Waals surface area contributed by atoms with Crippen molar-refractivity contribution in [1.29, 1.82) is 0 Å². The zero-order valence-electron chi connectivity index (χ0n) is 10.4. The number of carbonyl (C=O) groups excluding carboxylic acids is 1. The highest BCUT2D eigenvalue weighted by atomic mass is 16.6. The normalized spacial score (nSPS) is 10.1. The van der Waals surface area contributed by atoms with E-state index >= 15 is 0 Å². The van der Waals surface area contributed by atoms with Crippen LogP contribution < -0.4 is 5.73 Å². The standard InChI is InChI=1S/C12H10N4O4/c1-20-12(17)9-6-14-11(15-10(9)13)7-3-2-4-8(5-7)16(18)19/h2-6H,1H3,(H2,13,14,15). The maximum atomic E-state index is 11.4. The maximum Gasteiger partial charge on any atom is 0.343 e. The summed E-state index contributed by atoms with van der Waals surface area (Å²) in [5, 5.41) is 10.7. The van der Waals surface area contributed by atoms with Crippen LogP contribution in [0, 0.1) is 10.1 Å². The zero-order valence-corrected chi connectivity index (χ0v) is 10.4. The van der Waals surface area contributed by atoms with E-state index in [1.54, 1.807) is 6.07 Å². The molecule has 0 saturated heterocycles. The number of benzene rings is 1. The molecule has 0 bridgehead atoms. The van der Waals surface area contributed by atoms with Gasteiger partial charge in [0.25, 0.3) is 5.69 Å². The molecule has 102 valence electrons. The molecular formula is C12H10N4O4. The highest BCUT2D eigenvalue weighted by Gasteiger charge is 2.14. The van der Waals surface area contributed by atoms with Crippen LogP contribution in [-0.2, 0) is 4.74 Å². The first-order chi connectivity index (χ1) is 9.52. The van der Waals surface area contributed by atoms with E-state index in [-0.39, 0.29) is 22.9 Å². The van der Waals surface area contributed by atoms with Crippen LogP contribution in [0.15, 0.2) is 30.5 Å². The summed E-state index contributed by atoms with van der Waals surface area (Å²) in [5.74, 6) is -0.500. The molecule has 0 amide bonds. The largest absolute Gasteiger partial charge is 0.465 e. The minimum Gasteiger partial charge on any atom is -0.465 e. The number of nitro benzene ring substituents is 1. The molecule has 20 heavy (non-hydrogen) atoms. The van der Waals surface area contributed by atoms with E-state index in [1.165, 1.54) is 31.5 Å². The van der Waals surface area contributed by atoms with Crippen LogP contribution in [0.1, 0.15) is 10.4 Å². The van der Waals surface area contributed by atoms with E-state index < -0.39 is 10.9 Å². The first-order valence-corrected chi connectivity index (χ1v) is 5.48. The Morgan fingerprint density at radius 2 is 2.20 bits per heavy atom. The number of anilines is 1. The maximum absolute atomic E-state index is 11.4. The molecule has 2 aromatic rings. The van der Waals surface area contributed by atoms with Crippen molar-refractivity contribution in [1.82, 2.24) is 9.97 Å². The van der Waals surface area contributed by atoms with Crippen molar-refractivity contribution in [3.8, 4) is 11.4 Å². The molecule has 1 aromatic carbocycles. The van der Waals surface area contributed by atoms with Crippen molar-refractivity contribution >= 4 is 17.5 Å². The Hall–Kier alpha value is -3.03. The number of esters is 1. The molecule has 0 radical (unpaired) electrons. The quantitative estimate of drug-likeness (QED) is 0.510. The third-order valence-corrected chi connectivity index (χ3v) is 2.54. The van der Waals surface area contributed by atoms with Crippen molar-refractivity contribution in [3.63, 3.8) is 0 Å². The van der Waals surface area contributed by atoms with Gasteiger partial charge in [-0.2, -0.15) is 0 Å². The first-order valence-electron chi connectivity index (χ1n) is 5.48. The summed E-state index contributed by atoms with van der Waals surface area (Å²) in [4.78, 5) is 29.5. The number of carbonyl (C=O) groups is 1. The lowest BCUT2D eigenvalue weighted by atomic mass is 10.2. The number of non-ortho nitro benzene ring substituents is 1. The highest BCUT2D eigenvalue weighted by Crippen LogP contribution is 2.22. The molecule has 8 nitrogen and oxygen atoms in total. The summed E-state index contributed by atoms with van der Waals surface area (Å²) < 4.78 is 4.52. The van der Waals surface area contributed by atoms with Crippen molar-refractivity contribution in [2.45, 2.75) is 0 Å².